The third-order valence-electron chi connectivity index (χ3n) is 2.87. The second-order valence-corrected chi connectivity index (χ2v) is 4.74. The van der Waals surface area contributed by atoms with Gasteiger partial charge in [-0.2, -0.15) is 0 Å². The van der Waals surface area contributed by atoms with Crippen LogP contribution in [0.25, 0.3) is 0 Å². The fourth-order valence-corrected chi connectivity index (χ4v) is 2.41. The van der Waals surface area contributed by atoms with Crippen molar-refractivity contribution in [1.29, 1.82) is 0 Å². The molecule has 2 nitrogen and oxygen atoms in total. The van der Waals surface area contributed by atoms with Gasteiger partial charge in [-0.1, -0.05) is 23.7 Å². The summed E-state index contributed by atoms with van der Waals surface area (Å²) in [6.07, 6.45) is 1.40. The molecule has 1 heterocycles. The highest BCUT2D eigenvalue weighted by molar-refractivity contribution is 6.30. The third kappa shape index (κ3) is 2.71. The van der Waals surface area contributed by atoms with E-state index in [2.05, 4.69) is 12.2 Å². The molecule has 3 atom stereocenters. The molecule has 0 bridgehead atoms. The van der Waals surface area contributed by atoms with Crippen LogP contribution in [-0.4, -0.2) is 17.3 Å². The minimum Gasteiger partial charge on any atom is -0.393 e. The summed E-state index contributed by atoms with van der Waals surface area (Å²) in [4.78, 5) is 0. The maximum atomic E-state index is 9.71. The average Bonchev–Trinajstić information content (AvgIpc) is 2.16. The smallest absolute Gasteiger partial charge is 0.0573 e. The zero-order chi connectivity index (χ0) is 10.8. The molecule has 0 amide bonds. The van der Waals surface area contributed by atoms with Crippen LogP contribution >= 0.6 is 11.6 Å². The van der Waals surface area contributed by atoms with Gasteiger partial charge in [-0.3, -0.25) is 0 Å². The summed E-state index contributed by atoms with van der Waals surface area (Å²) in [5, 5.41) is 13.9. The Hall–Kier alpha value is -0.570. The molecule has 2 rings (SSSR count). The van der Waals surface area contributed by atoms with Crippen LogP contribution < -0.4 is 5.32 Å². The number of aliphatic hydroxyl groups is 1. The molecule has 2 N–H and O–H groups in total. The highest BCUT2D eigenvalue weighted by Gasteiger charge is 2.25. The largest absolute Gasteiger partial charge is 0.393 e. The second kappa shape index (κ2) is 4.52. The predicted octanol–water partition coefficient (Wildman–Crippen LogP) is 2.51. The Labute approximate surface area is 95.3 Å². The lowest BCUT2D eigenvalue weighted by Crippen LogP contribution is -2.40. The maximum Gasteiger partial charge on any atom is 0.0573 e. The predicted molar refractivity (Wildman–Crippen MR) is 62.0 cm³/mol. The lowest BCUT2D eigenvalue weighted by molar-refractivity contribution is 0.0975. The van der Waals surface area contributed by atoms with Crippen molar-refractivity contribution >= 4 is 11.6 Å². The topological polar surface area (TPSA) is 32.3 Å². The molecular formula is C12H16ClNO. The number of halogens is 1. The molecule has 15 heavy (non-hydrogen) atoms. The van der Waals surface area contributed by atoms with Crippen molar-refractivity contribution in [2.45, 2.75) is 38.0 Å². The number of nitrogens with one attached hydrogen (secondary N) is 1. The number of hydrogen-bond donors (Lipinski definition) is 2. The number of benzene rings is 1. The van der Waals surface area contributed by atoms with Gasteiger partial charge in [0.1, 0.15) is 0 Å². The highest BCUT2D eigenvalue weighted by Crippen LogP contribution is 2.27. The van der Waals surface area contributed by atoms with Crippen LogP contribution in [-0.2, 0) is 0 Å². The monoisotopic (exact) mass is 225 g/mol. The van der Waals surface area contributed by atoms with E-state index >= 15 is 0 Å². The molecule has 1 aliphatic rings. The van der Waals surface area contributed by atoms with Crippen LogP contribution in [0.15, 0.2) is 24.3 Å². The van der Waals surface area contributed by atoms with Crippen LogP contribution in [0.3, 0.4) is 0 Å². The van der Waals surface area contributed by atoms with Crippen molar-refractivity contribution in [3.05, 3.63) is 34.9 Å². The lowest BCUT2D eigenvalue weighted by Gasteiger charge is -2.32. The molecule has 1 saturated heterocycles. The highest BCUT2D eigenvalue weighted by atomic mass is 35.5. The summed E-state index contributed by atoms with van der Waals surface area (Å²) in [6.45, 7) is 2.10. The lowest BCUT2D eigenvalue weighted by atomic mass is 9.92. The van der Waals surface area contributed by atoms with Crippen LogP contribution in [0, 0.1) is 0 Å². The minimum absolute atomic E-state index is 0.203. The van der Waals surface area contributed by atoms with E-state index in [1.807, 2.05) is 24.3 Å². The quantitative estimate of drug-likeness (QED) is 0.770. The fraction of sp³-hybridized carbons (Fsp3) is 0.500. The Kier molecular flexibility index (Phi) is 3.29. The van der Waals surface area contributed by atoms with Gasteiger partial charge in [0.15, 0.2) is 0 Å². The zero-order valence-electron chi connectivity index (χ0n) is 8.78. The first-order chi connectivity index (χ1) is 7.15. The molecule has 0 radical (unpaired) electrons. The van der Waals surface area contributed by atoms with Crippen molar-refractivity contribution in [1.82, 2.24) is 5.32 Å². The molecule has 1 aromatic rings. The van der Waals surface area contributed by atoms with E-state index in [1.165, 1.54) is 0 Å². The second-order valence-electron chi connectivity index (χ2n) is 4.30. The molecule has 0 aromatic heterocycles. The van der Waals surface area contributed by atoms with Crippen molar-refractivity contribution in [3.63, 3.8) is 0 Å². The first kappa shape index (κ1) is 10.9. The SMILES string of the molecule is C[C@@H]1CC(O)CC(c2cccc(Cl)c2)N1. The van der Waals surface area contributed by atoms with Gasteiger partial charge in [-0.05, 0) is 37.5 Å². The van der Waals surface area contributed by atoms with Gasteiger partial charge >= 0.3 is 0 Å². The van der Waals surface area contributed by atoms with Crippen molar-refractivity contribution < 1.29 is 5.11 Å². The zero-order valence-corrected chi connectivity index (χ0v) is 9.54. The van der Waals surface area contributed by atoms with E-state index in [1.54, 1.807) is 0 Å². The van der Waals surface area contributed by atoms with E-state index in [4.69, 9.17) is 11.6 Å². The summed E-state index contributed by atoms with van der Waals surface area (Å²) in [7, 11) is 0. The van der Waals surface area contributed by atoms with E-state index in [0.29, 0.717) is 6.04 Å². The van der Waals surface area contributed by atoms with Gasteiger partial charge in [0.2, 0.25) is 0 Å². The fourth-order valence-electron chi connectivity index (χ4n) is 2.21. The van der Waals surface area contributed by atoms with Gasteiger partial charge in [0.25, 0.3) is 0 Å². The van der Waals surface area contributed by atoms with E-state index in [0.717, 1.165) is 23.4 Å². The summed E-state index contributed by atoms with van der Waals surface area (Å²) in [5.74, 6) is 0. The summed E-state index contributed by atoms with van der Waals surface area (Å²) in [6, 6.07) is 8.41. The maximum absolute atomic E-state index is 9.71. The summed E-state index contributed by atoms with van der Waals surface area (Å²) < 4.78 is 0. The van der Waals surface area contributed by atoms with E-state index < -0.39 is 0 Å². The molecule has 2 unspecified atom stereocenters. The number of piperidine rings is 1. The molecule has 1 aromatic carbocycles. The number of aliphatic hydroxyl groups excluding tert-OH is 1. The molecule has 0 saturated carbocycles. The van der Waals surface area contributed by atoms with Crippen molar-refractivity contribution in [2.24, 2.45) is 0 Å². The Morgan fingerprint density at radius 2 is 2.20 bits per heavy atom. The molecule has 3 heteroatoms. The Bertz CT molecular complexity index is 332. The van der Waals surface area contributed by atoms with Crippen LogP contribution in [0.2, 0.25) is 5.02 Å². The van der Waals surface area contributed by atoms with E-state index in [9.17, 15) is 5.11 Å². The van der Waals surface area contributed by atoms with Gasteiger partial charge in [-0.15, -0.1) is 0 Å². The minimum atomic E-state index is -0.203. The molecule has 1 aliphatic heterocycles. The Morgan fingerprint density at radius 1 is 1.40 bits per heavy atom. The van der Waals surface area contributed by atoms with Crippen LogP contribution in [0.4, 0.5) is 0 Å². The van der Waals surface area contributed by atoms with Crippen LogP contribution in [0.1, 0.15) is 31.4 Å². The first-order valence-corrected chi connectivity index (χ1v) is 5.72. The normalized spacial score (nSPS) is 31.5. The molecule has 82 valence electrons. The van der Waals surface area contributed by atoms with Gasteiger partial charge < -0.3 is 10.4 Å². The van der Waals surface area contributed by atoms with Crippen molar-refractivity contribution in [3.8, 4) is 0 Å². The standard InChI is InChI=1S/C12H16ClNO/c1-8-5-11(15)7-12(14-8)9-3-2-4-10(13)6-9/h2-4,6,8,11-12,14-15H,5,7H2,1H3/t8-,11?,12?/m1/s1. The summed E-state index contributed by atoms with van der Waals surface area (Å²) >= 11 is 5.95. The average molecular weight is 226 g/mol. The van der Waals surface area contributed by atoms with Gasteiger partial charge in [-0.25, -0.2) is 0 Å². The van der Waals surface area contributed by atoms with Crippen LogP contribution in [0.5, 0.6) is 0 Å². The van der Waals surface area contributed by atoms with Gasteiger partial charge in [0, 0.05) is 17.1 Å². The molecule has 0 spiro atoms. The van der Waals surface area contributed by atoms with E-state index in [-0.39, 0.29) is 12.1 Å². The molecular weight excluding hydrogens is 210 g/mol. The van der Waals surface area contributed by atoms with Gasteiger partial charge in [0.05, 0.1) is 6.10 Å². The van der Waals surface area contributed by atoms with Crippen molar-refractivity contribution in [2.75, 3.05) is 0 Å². The first-order valence-electron chi connectivity index (χ1n) is 5.34. The summed E-state index contributed by atoms with van der Waals surface area (Å²) in [5.41, 5.74) is 1.16. The number of hydrogen-bond acceptors (Lipinski definition) is 2. The molecule has 0 aliphatic carbocycles. The number of rotatable bonds is 1. The Morgan fingerprint density at radius 3 is 2.87 bits per heavy atom. The Balaban J connectivity index is 2.16. The molecule has 1 fully saturated rings. The third-order valence-corrected chi connectivity index (χ3v) is 3.11.